The van der Waals surface area contributed by atoms with Crippen molar-refractivity contribution in [3.05, 3.63) is 97.2 Å². The van der Waals surface area contributed by atoms with Crippen LogP contribution in [0.1, 0.15) is 264 Å². The maximum absolute atomic E-state index is 13.0. The van der Waals surface area contributed by atoms with E-state index in [4.69, 9.17) is 9.05 Å². The highest BCUT2D eigenvalue weighted by Crippen LogP contribution is 2.38. The Kier molecular flexibility index (Phi) is 54.2. The first kappa shape index (κ1) is 72.4. The number of phosphoric acid groups is 1. The molecule has 3 atom stereocenters. The number of carbonyl (C=O) groups excluding carboxylic acids is 1. The summed E-state index contributed by atoms with van der Waals surface area (Å²) in [5.41, 5.74) is 0. The van der Waals surface area contributed by atoms with Crippen molar-refractivity contribution < 1.29 is 32.9 Å². The summed E-state index contributed by atoms with van der Waals surface area (Å²) in [4.78, 5) is 25.5. The molecule has 0 aliphatic rings. The monoisotopic (exact) mass is 1070 g/mol. The van der Waals surface area contributed by atoms with Crippen molar-refractivity contribution in [2.45, 2.75) is 276 Å². The SMILES string of the molecule is CC/C=C\C/C=C\C/C=C\C/C=C\C/C=C\C/C=C\C/C=C\C/C=C\CCCCCCCCCCCCCCCCC(=O)NC(COP(=O)([O-])OCC[N+](C)(C)C)C(O)CCCCCCCCCCCCCCCC. The van der Waals surface area contributed by atoms with Gasteiger partial charge in [0.2, 0.25) is 5.91 Å². The lowest BCUT2D eigenvalue weighted by Gasteiger charge is -2.30. The predicted molar refractivity (Wildman–Crippen MR) is 325 cm³/mol. The van der Waals surface area contributed by atoms with Crippen molar-refractivity contribution in [2.24, 2.45) is 0 Å². The van der Waals surface area contributed by atoms with Crippen molar-refractivity contribution in [3.8, 4) is 0 Å². The number of aliphatic hydroxyl groups excluding tert-OH is 1. The van der Waals surface area contributed by atoms with Crippen LogP contribution in [-0.2, 0) is 18.4 Å². The quantitative estimate of drug-likeness (QED) is 0.0272. The predicted octanol–water partition coefficient (Wildman–Crippen LogP) is 18.7. The van der Waals surface area contributed by atoms with E-state index in [0.717, 1.165) is 89.9 Å². The Bertz CT molecular complexity index is 1540. The third kappa shape index (κ3) is 58.9. The molecular weight excluding hydrogens is 948 g/mol. The fourth-order valence-corrected chi connectivity index (χ4v) is 9.49. The smallest absolute Gasteiger partial charge is 0.268 e. The summed E-state index contributed by atoms with van der Waals surface area (Å²) in [5, 5.41) is 14.0. The normalized spacial score (nSPS) is 14.5. The Morgan fingerprint density at radius 3 is 1.19 bits per heavy atom. The number of carbonyl (C=O) groups is 1. The van der Waals surface area contributed by atoms with Gasteiger partial charge in [0.05, 0.1) is 39.9 Å². The van der Waals surface area contributed by atoms with Crippen LogP contribution in [0.5, 0.6) is 0 Å². The number of hydrogen-bond donors (Lipinski definition) is 2. The van der Waals surface area contributed by atoms with E-state index in [1.807, 2.05) is 21.1 Å². The summed E-state index contributed by atoms with van der Waals surface area (Å²) in [6.07, 6.45) is 80.3. The number of aliphatic hydroxyl groups is 1. The largest absolute Gasteiger partial charge is 0.756 e. The van der Waals surface area contributed by atoms with E-state index in [9.17, 15) is 19.4 Å². The summed E-state index contributed by atoms with van der Waals surface area (Å²) >= 11 is 0. The summed E-state index contributed by atoms with van der Waals surface area (Å²) < 4.78 is 23.4. The maximum atomic E-state index is 13.0. The van der Waals surface area contributed by atoms with Gasteiger partial charge in [0.1, 0.15) is 13.2 Å². The Morgan fingerprint density at radius 2 is 0.813 bits per heavy atom. The molecular formula is C66H119N2O6P. The number of amides is 1. The molecule has 0 spiro atoms. The van der Waals surface area contributed by atoms with Crippen LogP contribution in [0.3, 0.4) is 0 Å². The van der Waals surface area contributed by atoms with Gasteiger partial charge in [-0.25, -0.2) is 0 Å². The fraction of sp³-hybridized carbons (Fsp3) is 0.742. The molecule has 8 nitrogen and oxygen atoms in total. The van der Waals surface area contributed by atoms with E-state index >= 15 is 0 Å². The van der Waals surface area contributed by atoms with E-state index in [0.29, 0.717) is 23.9 Å². The van der Waals surface area contributed by atoms with Gasteiger partial charge < -0.3 is 28.8 Å². The molecule has 0 aromatic heterocycles. The molecule has 434 valence electrons. The summed E-state index contributed by atoms with van der Waals surface area (Å²) in [5.74, 6) is -0.167. The molecule has 0 aromatic carbocycles. The van der Waals surface area contributed by atoms with Crippen LogP contribution in [0, 0.1) is 0 Å². The number of unbranched alkanes of at least 4 members (excludes halogenated alkanes) is 27. The molecule has 2 N–H and O–H groups in total. The van der Waals surface area contributed by atoms with Gasteiger partial charge in [0.25, 0.3) is 7.82 Å². The minimum atomic E-state index is -4.58. The van der Waals surface area contributed by atoms with Gasteiger partial charge in [-0.3, -0.25) is 9.36 Å². The molecule has 0 aromatic rings. The minimum absolute atomic E-state index is 0.00963. The van der Waals surface area contributed by atoms with Crippen molar-refractivity contribution in [1.29, 1.82) is 0 Å². The number of rotatable bonds is 56. The van der Waals surface area contributed by atoms with E-state index in [1.165, 1.54) is 148 Å². The highest BCUT2D eigenvalue weighted by Gasteiger charge is 2.24. The summed E-state index contributed by atoms with van der Waals surface area (Å²) in [6.45, 7) is 4.61. The van der Waals surface area contributed by atoms with Crippen LogP contribution in [0.25, 0.3) is 0 Å². The average molecular weight is 1070 g/mol. The molecule has 0 saturated carbocycles. The average Bonchev–Trinajstić information content (AvgIpc) is 3.37. The lowest BCUT2D eigenvalue weighted by Crippen LogP contribution is -2.46. The van der Waals surface area contributed by atoms with Gasteiger partial charge in [-0.2, -0.15) is 0 Å². The zero-order valence-electron chi connectivity index (χ0n) is 49.5. The maximum Gasteiger partial charge on any atom is 0.268 e. The van der Waals surface area contributed by atoms with Crippen molar-refractivity contribution >= 4 is 13.7 Å². The molecule has 0 bridgehead atoms. The highest BCUT2D eigenvalue weighted by molar-refractivity contribution is 7.45. The Hall–Kier alpha value is -2.58. The van der Waals surface area contributed by atoms with E-state index in [2.05, 4.69) is 116 Å². The van der Waals surface area contributed by atoms with Crippen LogP contribution in [0.4, 0.5) is 0 Å². The number of hydrogen-bond acceptors (Lipinski definition) is 6. The molecule has 3 unspecified atom stereocenters. The summed E-state index contributed by atoms with van der Waals surface area (Å²) in [6, 6.07) is -0.805. The highest BCUT2D eigenvalue weighted by atomic mass is 31.2. The van der Waals surface area contributed by atoms with Gasteiger partial charge in [0, 0.05) is 6.42 Å². The van der Waals surface area contributed by atoms with E-state index in [1.54, 1.807) is 0 Å². The number of nitrogens with one attached hydrogen (secondary N) is 1. The van der Waals surface area contributed by atoms with Gasteiger partial charge in [-0.05, 0) is 77.0 Å². The molecule has 0 saturated heterocycles. The summed E-state index contributed by atoms with van der Waals surface area (Å²) in [7, 11) is 1.30. The first-order chi connectivity index (χ1) is 36.5. The van der Waals surface area contributed by atoms with Crippen LogP contribution < -0.4 is 10.2 Å². The lowest BCUT2D eigenvalue weighted by molar-refractivity contribution is -0.870. The number of likely N-dealkylation sites (N-methyl/N-ethyl adjacent to an activating group) is 1. The van der Waals surface area contributed by atoms with Gasteiger partial charge in [-0.1, -0.05) is 278 Å². The fourth-order valence-electron chi connectivity index (χ4n) is 8.76. The van der Waals surface area contributed by atoms with Gasteiger partial charge in [0.15, 0.2) is 0 Å². The first-order valence-corrected chi connectivity index (χ1v) is 32.5. The molecule has 9 heteroatoms. The number of allylic oxidation sites excluding steroid dienone is 16. The number of nitrogens with zero attached hydrogens (tertiary/aromatic N) is 1. The molecule has 0 heterocycles. The zero-order chi connectivity index (χ0) is 54.9. The number of phosphoric ester groups is 1. The zero-order valence-corrected chi connectivity index (χ0v) is 50.4. The second-order valence-corrected chi connectivity index (χ2v) is 23.4. The molecule has 0 aliphatic heterocycles. The lowest BCUT2D eigenvalue weighted by atomic mass is 10.0. The van der Waals surface area contributed by atoms with Crippen molar-refractivity contribution in [3.63, 3.8) is 0 Å². The molecule has 0 radical (unpaired) electrons. The Morgan fingerprint density at radius 1 is 0.480 bits per heavy atom. The number of quaternary nitrogens is 1. The third-order valence-electron chi connectivity index (χ3n) is 13.6. The Labute approximate surface area is 464 Å². The molecule has 0 rings (SSSR count). The van der Waals surface area contributed by atoms with Crippen LogP contribution in [0.2, 0.25) is 0 Å². The third-order valence-corrected chi connectivity index (χ3v) is 14.6. The molecule has 1 amide bonds. The molecule has 0 fully saturated rings. The van der Waals surface area contributed by atoms with Gasteiger partial charge in [-0.15, -0.1) is 0 Å². The van der Waals surface area contributed by atoms with Crippen LogP contribution in [-0.4, -0.2) is 68.5 Å². The standard InChI is InChI=1S/C66H119N2O6P/c1-6-8-10-12-14-16-18-20-22-23-24-25-26-27-28-29-30-31-32-33-34-35-36-37-38-39-40-41-42-43-44-45-46-48-50-52-54-56-58-60-66(70)67-64(63-74-75(71,72)73-62-61-68(3,4)5)65(69)59-57-55-53-51-49-47-21-19-17-15-13-11-9-7-2/h8,10,14,16,20,22,24-25,27-28,30-31,33-34,36-37,64-65,69H,6-7,9,11-13,15,17-19,21,23,26,29,32,35,38-63H2,1-5H3,(H-,67,70,71,72)/b10-8-,16-14-,22-20-,25-24-,28-27-,31-30-,34-33-,37-36-. The second-order valence-electron chi connectivity index (χ2n) is 22.0. The van der Waals surface area contributed by atoms with Crippen LogP contribution in [0.15, 0.2) is 97.2 Å². The van der Waals surface area contributed by atoms with Crippen LogP contribution >= 0.6 is 7.82 Å². The topological polar surface area (TPSA) is 108 Å². The minimum Gasteiger partial charge on any atom is -0.756 e. The second kappa shape index (κ2) is 56.2. The van der Waals surface area contributed by atoms with E-state index in [-0.39, 0.29) is 19.1 Å². The van der Waals surface area contributed by atoms with Crippen molar-refractivity contribution in [2.75, 3.05) is 40.9 Å². The molecule has 75 heavy (non-hydrogen) atoms. The Balaban J connectivity index is 4.00. The van der Waals surface area contributed by atoms with Crippen molar-refractivity contribution in [1.82, 2.24) is 5.32 Å². The van der Waals surface area contributed by atoms with Gasteiger partial charge >= 0.3 is 0 Å². The molecule has 0 aliphatic carbocycles. The first-order valence-electron chi connectivity index (χ1n) is 31.1. The van der Waals surface area contributed by atoms with E-state index < -0.39 is 20.0 Å².